The van der Waals surface area contributed by atoms with E-state index in [1.54, 1.807) is 0 Å². The second kappa shape index (κ2) is 19.0. The summed E-state index contributed by atoms with van der Waals surface area (Å²) in [5.74, 6) is 0. The third-order valence-electron chi connectivity index (χ3n) is 8.60. The molecule has 290 valence electrons. The van der Waals surface area contributed by atoms with Gasteiger partial charge in [-0.1, -0.05) is 0 Å². The minimum Gasteiger partial charge on any atom is -0.779 e. The van der Waals surface area contributed by atoms with Gasteiger partial charge in [-0.05, 0) is 6.92 Å². The maximum absolute atomic E-state index is 11.4. The average molecular weight is 742 g/mol. The van der Waals surface area contributed by atoms with Crippen molar-refractivity contribution >= 4 is 7.60 Å². The molecule has 3 aliphatic rings. The molecular weight excluding hydrogens is 691 g/mol. The molecule has 0 amide bonds. The standard InChI is InChI=1S/C27H51O21P/c1-10-17(33)25(22(38)27(45-10)48-23(11(31)4-28)12(32)7-44-49(3,39)40)42-8-15-20(36)26(19(35)14(6-30)46-15)43-9-16-24(41-2)21(37)18(34)13(5-29)47-16/h10-38H,4-9H2,1-3H3,(H,39,40)/p-1/t10?,11?,12?,13?,14?,15-,16-,17+,18+,19-,20?,21-,22?,23?,24?,25+,26-,27+/m1/s1. The molecule has 3 aliphatic heterocycles. The quantitative estimate of drug-likeness (QED) is 0.0617. The zero-order valence-electron chi connectivity index (χ0n) is 27.1. The van der Waals surface area contributed by atoms with E-state index in [9.17, 15) is 65.6 Å². The van der Waals surface area contributed by atoms with Crippen LogP contribution in [0.4, 0.5) is 0 Å². The molecule has 19 atom stereocenters. The molecule has 3 rings (SSSR count). The fraction of sp³-hybridized carbons (Fsp3) is 1.00. The lowest BCUT2D eigenvalue weighted by Crippen LogP contribution is -2.64. The molecule has 0 radical (unpaired) electrons. The third-order valence-corrected chi connectivity index (χ3v) is 9.22. The minimum atomic E-state index is -4.30. The van der Waals surface area contributed by atoms with Crippen LogP contribution in [0.2, 0.25) is 0 Å². The Kier molecular flexibility index (Phi) is 16.6. The summed E-state index contributed by atoms with van der Waals surface area (Å²) in [6, 6.07) is 0. The zero-order valence-corrected chi connectivity index (χ0v) is 28.0. The maximum atomic E-state index is 11.4. The second-order valence-corrected chi connectivity index (χ2v) is 14.0. The fourth-order valence-electron chi connectivity index (χ4n) is 5.81. The highest BCUT2D eigenvalue weighted by atomic mass is 31.2. The molecule has 0 aromatic heterocycles. The summed E-state index contributed by atoms with van der Waals surface area (Å²) in [7, 11) is -3.06. The van der Waals surface area contributed by atoms with Crippen molar-refractivity contribution in [2.24, 2.45) is 0 Å². The first-order valence-corrected chi connectivity index (χ1v) is 17.6. The Hall–Kier alpha value is -0.570. The van der Waals surface area contributed by atoms with Gasteiger partial charge in [-0.3, -0.25) is 0 Å². The van der Waals surface area contributed by atoms with Gasteiger partial charge in [0.15, 0.2) is 6.29 Å². The number of aliphatic hydroxyl groups is 11. The van der Waals surface area contributed by atoms with Gasteiger partial charge in [0.05, 0.1) is 45.7 Å². The summed E-state index contributed by atoms with van der Waals surface area (Å²) in [5, 5.41) is 114. The zero-order chi connectivity index (χ0) is 36.8. The van der Waals surface area contributed by atoms with Crippen molar-refractivity contribution in [3.8, 4) is 0 Å². The molecule has 10 unspecified atom stereocenters. The van der Waals surface area contributed by atoms with E-state index in [4.69, 9.17) is 33.2 Å². The van der Waals surface area contributed by atoms with E-state index in [1.807, 2.05) is 0 Å². The summed E-state index contributed by atoms with van der Waals surface area (Å²) in [6.07, 6.45) is -26.9. The Morgan fingerprint density at radius 3 is 1.80 bits per heavy atom. The normalized spacial score (nSPS) is 43.4. The predicted molar refractivity (Wildman–Crippen MR) is 156 cm³/mol. The molecule has 0 spiro atoms. The van der Waals surface area contributed by atoms with Crippen LogP contribution in [0.1, 0.15) is 6.92 Å². The van der Waals surface area contributed by atoms with Gasteiger partial charge >= 0.3 is 0 Å². The Bertz CT molecular complexity index is 1020. The Balaban J connectivity index is 1.70. The van der Waals surface area contributed by atoms with Crippen LogP contribution in [0.3, 0.4) is 0 Å². The molecule has 3 fully saturated rings. The van der Waals surface area contributed by atoms with E-state index >= 15 is 0 Å². The molecule has 11 N–H and O–H groups in total. The van der Waals surface area contributed by atoms with Crippen LogP contribution in [0.15, 0.2) is 0 Å². The summed E-state index contributed by atoms with van der Waals surface area (Å²) in [5.41, 5.74) is 0. The van der Waals surface area contributed by atoms with E-state index in [1.165, 1.54) is 14.0 Å². The smallest absolute Gasteiger partial charge is 0.187 e. The van der Waals surface area contributed by atoms with Crippen LogP contribution in [-0.2, 0) is 42.2 Å². The summed E-state index contributed by atoms with van der Waals surface area (Å²) in [6.45, 7) is -2.11. The van der Waals surface area contributed by atoms with Crippen molar-refractivity contribution in [3.63, 3.8) is 0 Å². The van der Waals surface area contributed by atoms with E-state index in [2.05, 4.69) is 4.52 Å². The number of aliphatic hydroxyl groups excluding tert-OH is 11. The van der Waals surface area contributed by atoms with Crippen molar-refractivity contribution in [2.45, 2.75) is 117 Å². The average Bonchev–Trinajstić information content (AvgIpc) is 3.06. The lowest BCUT2D eigenvalue weighted by Gasteiger charge is -2.46. The number of ether oxygens (including phenoxy) is 7. The lowest BCUT2D eigenvalue weighted by atomic mass is 9.93. The first kappa shape index (κ1) is 42.8. The Morgan fingerprint density at radius 1 is 0.714 bits per heavy atom. The van der Waals surface area contributed by atoms with Crippen LogP contribution < -0.4 is 4.89 Å². The van der Waals surface area contributed by atoms with Crippen LogP contribution in [0, 0.1) is 0 Å². The third kappa shape index (κ3) is 10.7. The number of hydrogen-bond acceptors (Lipinski definition) is 21. The molecule has 3 saturated heterocycles. The van der Waals surface area contributed by atoms with Gasteiger partial charge in [-0.15, -0.1) is 0 Å². The Morgan fingerprint density at radius 2 is 1.24 bits per heavy atom. The molecule has 0 aromatic carbocycles. The molecule has 0 aromatic rings. The van der Waals surface area contributed by atoms with Crippen molar-refractivity contribution < 1.29 is 103 Å². The highest BCUT2D eigenvalue weighted by Gasteiger charge is 2.50. The first-order valence-electron chi connectivity index (χ1n) is 15.6. The van der Waals surface area contributed by atoms with Gasteiger partial charge in [0.1, 0.15) is 105 Å². The first-order chi connectivity index (χ1) is 23.0. The molecule has 3 heterocycles. The minimum absolute atomic E-state index is 0.431. The van der Waals surface area contributed by atoms with Crippen molar-refractivity contribution in [3.05, 3.63) is 0 Å². The maximum Gasteiger partial charge on any atom is 0.187 e. The predicted octanol–water partition coefficient (Wildman–Crippen LogP) is -7.50. The van der Waals surface area contributed by atoms with Crippen molar-refractivity contribution in [2.75, 3.05) is 53.4 Å². The largest absolute Gasteiger partial charge is 0.779 e. The lowest BCUT2D eigenvalue weighted by molar-refractivity contribution is -0.329. The van der Waals surface area contributed by atoms with Gasteiger partial charge in [0.2, 0.25) is 0 Å². The summed E-state index contributed by atoms with van der Waals surface area (Å²) in [4.78, 5) is 11.4. The molecule has 0 aliphatic carbocycles. The van der Waals surface area contributed by atoms with Crippen molar-refractivity contribution in [1.82, 2.24) is 0 Å². The van der Waals surface area contributed by atoms with Crippen LogP contribution in [0.25, 0.3) is 0 Å². The van der Waals surface area contributed by atoms with E-state index < -0.39 is 157 Å². The van der Waals surface area contributed by atoms with E-state index in [0.717, 1.165) is 6.66 Å². The number of rotatable bonds is 17. The molecule has 49 heavy (non-hydrogen) atoms. The molecular formula is C27H50O21P-. The number of methoxy groups -OCH3 is 1. The van der Waals surface area contributed by atoms with E-state index in [-0.39, 0.29) is 0 Å². The number of hydrogen-bond donors (Lipinski definition) is 11. The highest BCUT2D eigenvalue weighted by Crippen LogP contribution is 2.33. The molecule has 21 nitrogen and oxygen atoms in total. The molecule has 22 heteroatoms. The monoisotopic (exact) mass is 741 g/mol. The van der Waals surface area contributed by atoms with Crippen LogP contribution in [0.5, 0.6) is 0 Å². The van der Waals surface area contributed by atoms with Crippen molar-refractivity contribution in [1.29, 1.82) is 0 Å². The van der Waals surface area contributed by atoms with Gasteiger partial charge < -0.3 is 103 Å². The molecule has 0 saturated carbocycles. The topological polar surface area (TPSA) is 337 Å². The van der Waals surface area contributed by atoms with Crippen LogP contribution in [-0.4, -0.2) is 220 Å². The van der Waals surface area contributed by atoms with Gasteiger partial charge in [-0.2, -0.15) is 0 Å². The highest BCUT2D eigenvalue weighted by molar-refractivity contribution is 7.50. The fourth-order valence-corrected chi connectivity index (χ4v) is 6.23. The van der Waals surface area contributed by atoms with Gasteiger partial charge in [0, 0.05) is 13.8 Å². The SMILES string of the molecule is COC1[C@@H](CO[C@H]2C(O)[C@@H](CO[C@@H]3C(O)[C@H](OC(C(O)CO)C(O)COP(C)(=O)[O-])OC(C)[C@@H]3O)OC(CO)[C@H]2O)OC(CO)[C@H](O)[C@H]1O. The van der Waals surface area contributed by atoms with Crippen LogP contribution >= 0.6 is 7.60 Å². The van der Waals surface area contributed by atoms with E-state index in [0.29, 0.717) is 0 Å². The molecule has 0 bridgehead atoms. The second-order valence-electron chi connectivity index (χ2n) is 12.2. The van der Waals surface area contributed by atoms with Gasteiger partial charge in [-0.25, -0.2) is 0 Å². The Labute approximate surface area is 281 Å². The summed E-state index contributed by atoms with van der Waals surface area (Å²) >= 11 is 0. The van der Waals surface area contributed by atoms with Gasteiger partial charge in [0.25, 0.3) is 0 Å². The summed E-state index contributed by atoms with van der Waals surface area (Å²) < 4.78 is 54.8.